The summed E-state index contributed by atoms with van der Waals surface area (Å²) in [6.07, 6.45) is -3.21. The number of aliphatic hydroxyl groups excluding tert-OH is 1. The first-order chi connectivity index (χ1) is 9.13. The molecule has 2 rings (SSSR count). The van der Waals surface area contributed by atoms with Gasteiger partial charge in [0.25, 0.3) is 0 Å². The lowest BCUT2D eigenvalue weighted by molar-refractivity contribution is -0.155. The summed E-state index contributed by atoms with van der Waals surface area (Å²) in [5, 5.41) is 9.84. The monoisotopic (exact) mass is 266 g/mol. The molecule has 1 aliphatic rings. The van der Waals surface area contributed by atoms with Gasteiger partial charge >= 0.3 is 11.9 Å². The summed E-state index contributed by atoms with van der Waals surface area (Å²) in [4.78, 5) is 23.1. The second-order valence-corrected chi connectivity index (χ2v) is 4.08. The number of hydrogen-bond acceptors (Lipinski definition) is 6. The van der Waals surface area contributed by atoms with Crippen LogP contribution in [0, 0.1) is 0 Å². The van der Waals surface area contributed by atoms with Gasteiger partial charge in [-0.2, -0.15) is 0 Å². The standard InChI is InChI=1S/C13H14O6/c1-17-13(16)11-10(14)9(7-18-11)19-12(15)8-5-3-2-4-6-8/h2-6,9-11,14H,7H2,1H3/t9-,10-,11-/m1/s1. The third kappa shape index (κ3) is 2.91. The van der Waals surface area contributed by atoms with Crippen molar-refractivity contribution < 1.29 is 28.9 Å². The molecule has 6 heteroatoms. The second kappa shape index (κ2) is 5.81. The molecule has 0 saturated carbocycles. The van der Waals surface area contributed by atoms with Crippen LogP contribution < -0.4 is 0 Å². The highest BCUT2D eigenvalue weighted by Crippen LogP contribution is 2.19. The molecule has 3 atom stereocenters. The van der Waals surface area contributed by atoms with E-state index in [1.54, 1.807) is 30.3 Å². The Morgan fingerprint density at radius 1 is 1.32 bits per heavy atom. The van der Waals surface area contributed by atoms with E-state index in [1.807, 2.05) is 0 Å². The van der Waals surface area contributed by atoms with Crippen LogP contribution in [0.15, 0.2) is 30.3 Å². The average molecular weight is 266 g/mol. The van der Waals surface area contributed by atoms with Crippen LogP contribution in [0.4, 0.5) is 0 Å². The maximum atomic E-state index is 11.8. The van der Waals surface area contributed by atoms with Crippen molar-refractivity contribution in [1.82, 2.24) is 0 Å². The van der Waals surface area contributed by atoms with Gasteiger partial charge in [-0.1, -0.05) is 18.2 Å². The van der Waals surface area contributed by atoms with Crippen LogP contribution >= 0.6 is 0 Å². The summed E-state index contributed by atoms with van der Waals surface area (Å²) in [7, 11) is 1.20. The summed E-state index contributed by atoms with van der Waals surface area (Å²) in [5.41, 5.74) is 0.371. The minimum Gasteiger partial charge on any atom is -0.467 e. The van der Waals surface area contributed by atoms with E-state index in [2.05, 4.69) is 4.74 Å². The SMILES string of the molecule is COC(=O)[C@@H]1OC[C@@H](OC(=O)c2ccccc2)[C@H]1O. The van der Waals surface area contributed by atoms with Crippen molar-refractivity contribution in [1.29, 1.82) is 0 Å². The molecule has 1 N–H and O–H groups in total. The van der Waals surface area contributed by atoms with E-state index in [0.29, 0.717) is 5.56 Å². The molecule has 0 aromatic heterocycles. The van der Waals surface area contributed by atoms with E-state index in [-0.39, 0.29) is 6.61 Å². The number of aliphatic hydroxyl groups is 1. The highest BCUT2D eigenvalue weighted by Gasteiger charge is 2.43. The fourth-order valence-electron chi connectivity index (χ4n) is 1.80. The molecule has 6 nitrogen and oxygen atoms in total. The molecule has 0 unspecified atom stereocenters. The largest absolute Gasteiger partial charge is 0.467 e. The Kier molecular flexibility index (Phi) is 4.13. The normalized spacial score (nSPS) is 25.9. The maximum absolute atomic E-state index is 11.8. The fraction of sp³-hybridized carbons (Fsp3) is 0.385. The van der Waals surface area contributed by atoms with Gasteiger partial charge in [0.05, 0.1) is 19.3 Å². The summed E-state index contributed by atoms with van der Waals surface area (Å²) in [5.74, 6) is -1.26. The van der Waals surface area contributed by atoms with Crippen molar-refractivity contribution in [3.63, 3.8) is 0 Å². The van der Waals surface area contributed by atoms with Gasteiger partial charge < -0.3 is 19.3 Å². The van der Waals surface area contributed by atoms with Gasteiger partial charge in [0.1, 0.15) is 6.10 Å². The molecule has 102 valence electrons. The number of rotatable bonds is 3. The maximum Gasteiger partial charge on any atom is 0.338 e. The van der Waals surface area contributed by atoms with Crippen molar-refractivity contribution >= 4 is 11.9 Å². The third-order valence-corrected chi connectivity index (χ3v) is 2.83. The summed E-state index contributed by atoms with van der Waals surface area (Å²) in [6, 6.07) is 8.38. The Morgan fingerprint density at radius 2 is 2.00 bits per heavy atom. The second-order valence-electron chi connectivity index (χ2n) is 4.08. The van der Waals surface area contributed by atoms with Crippen molar-refractivity contribution in [3.05, 3.63) is 35.9 Å². The van der Waals surface area contributed by atoms with Gasteiger partial charge in [-0.15, -0.1) is 0 Å². The smallest absolute Gasteiger partial charge is 0.338 e. The number of benzene rings is 1. The molecule has 1 fully saturated rings. The minimum atomic E-state index is -1.22. The average Bonchev–Trinajstić information content (AvgIpc) is 2.80. The van der Waals surface area contributed by atoms with Crippen LogP contribution in [0.2, 0.25) is 0 Å². The van der Waals surface area contributed by atoms with Crippen molar-refractivity contribution in [2.45, 2.75) is 18.3 Å². The highest BCUT2D eigenvalue weighted by atomic mass is 16.6. The van der Waals surface area contributed by atoms with Crippen LogP contribution in [-0.4, -0.2) is 49.1 Å². The van der Waals surface area contributed by atoms with Gasteiger partial charge in [-0.25, -0.2) is 9.59 Å². The van der Waals surface area contributed by atoms with E-state index in [9.17, 15) is 14.7 Å². The molecule has 0 amide bonds. The zero-order valence-electron chi connectivity index (χ0n) is 10.3. The lowest BCUT2D eigenvalue weighted by Crippen LogP contribution is -2.38. The Bertz CT molecular complexity index is 457. The Hall–Kier alpha value is -1.92. The summed E-state index contributed by atoms with van der Waals surface area (Å²) >= 11 is 0. The van der Waals surface area contributed by atoms with E-state index in [4.69, 9.17) is 9.47 Å². The molecular weight excluding hydrogens is 252 g/mol. The van der Waals surface area contributed by atoms with E-state index in [0.717, 1.165) is 0 Å². The van der Waals surface area contributed by atoms with Crippen LogP contribution in [0.3, 0.4) is 0 Å². The first-order valence-corrected chi connectivity index (χ1v) is 5.77. The molecule has 1 heterocycles. The number of methoxy groups -OCH3 is 1. The molecule has 0 bridgehead atoms. The number of esters is 2. The summed E-state index contributed by atoms with van der Waals surface area (Å²) in [6.45, 7) is -0.0422. The third-order valence-electron chi connectivity index (χ3n) is 2.83. The number of ether oxygens (including phenoxy) is 3. The van der Waals surface area contributed by atoms with Gasteiger partial charge in [0.2, 0.25) is 0 Å². The molecule has 0 spiro atoms. The molecule has 0 aliphatic carbocycles. The van der Waals surface area contributed by atoms with Crippen molar-refractivity contribution in [3.8, 4) is 0 Å². The van der Waals surface area contributed by atoms with Crippen LogP contribution in [0.1, 0.15) is 10.4 Å². The lowest BCUT2D eigenvalue weighted by Gasteiger charge is -2.16. The van der Waals surface area contributed by atoms with Gasteiger partial charge in [-0.05, 0) is 12.1 Å². The Labute approximate surface area is 109 Å². The Balaban J connectivity index is 1.98. The van der Waals surface area contributed by atoms with Gasteiger partial charge in [-0.3, -0.25) is 0 Å². The van der Waals surface area contributed by atoms with Crippen LogP contribution in [0.5, 0.6) is 0 Å². The van der Waals surface area contributed by atoms with Crippen LogP contribution in [0.25, 0.3) is 0 Å². The van der Waals surface area contributed by atoms with Gasteiger partial charge in [0, 0.05) is 0 Å². The van der Waals surface area contributed by atoms with E-state index >= 15 is 0 Å². The van der Waals surface area contributed by atoms with Crippen LogP contribution in [-0.2, 0) is 19.0 Å². The summed E-state index contributed by atoms with van der Waals surface area (Å²) < 4.78 is 14.7. The number of carbonyl (C=O) groups excluding carboxylic acids is 2. The first kappa shape index (κ1) is 13.5. The van der Waals surface area contributed by atoms with E-state index < -0.39 is 30.3 Å². The molecule has 1 aromatic carbocycles. The van der Waals surface area contributed by atoms with E-state index in [1.165, 1.54) is 7.11 Å². The topological polar surface area (TPSA) is 82.1 Å². The Morgan fingerprint density at radius 3 is 2.63 bits per heavy atom. The highest BCUT2D eigenvalue weighted by molar-refractivity contribution is 5.89. The molecule has 1 saturated heterocycles. The molecule has 19 heavy (non-hydrogen) atoms. The molecular formula is C13H14O6. The fourth-order valence-corrected chi connectivity index (χ4v) is 1.80. The molecule has 1 aromatic rings. The lowest BCUT2D eigenvalue weighted by atomic mass is 10.1. The minimum absolute atomic E-state index is 0.0422. The van der Waals surface area contributed by atoms with Crippen molar-refractivity contribution in [2.24, 2.45) is 0 Å². The number of hydrogen-bond donors (Lipinski definition) is 1. The zero-order chi connectivity index (χ0) is 13.8. The molecule has 0 radical (unpaired) electrons. The van der Waals surface area contributed by atoms with Crippen molar-refractivity contribution in [2.75, 3.05) is 13.7 Å². The molecule has 1 aliphatic heterocycles. The number of carbonyl (C=O) groups is 2. The predicted octanol–water partition coefficient (Wildman–Crippen LogP) is 0.145. The predicted molar refractivity (Wildman–Crippen MR) is 63.4 cm³/mol. The zero-order valence-corrected chi connectivity index (χ0v) is 10.3. The first-order valence-electron chi connectivity index (χ1n) is 5.77. The quantitative estimate of drug-likeness (QED) is 0.784. The van der Waals surface area contributed by atoms with Gasteiger partial charge in [0.15, 0.2) is 12.2 Å².